The first kappa shape index (κ1) is 8.85. The maximum absolute atomic E-state index is 5.05. The zero-order valence-electron chi connectivity index (χ0n) is 7.58. The fourth-order valence-electron chi connectivity index (χ4n) is 0.969. The minimum absolute atomic E-state index is 0.906. The van der Waals surface area contributed by atoms with Crippen LogP contribution in [0.4, 0.5) is 0 Å². The molecule has 0 atom stereocenters. The van der Waals surface area contributed by atoms with Crippen molar-refractivity contribution in [3.63, 3.8) is 0 Å². The number of methoxy groups -OCH3 is 1. The van der Waals surface area contributed by atoms with Crippen LogP contribution >= 0.6 is 0 Å². The predicted molar refractivity (Wildman–Crippen MR) is 52.3 cm³/mol. The zero-order chi connectivity index (χ0) is 8.81. The van der Waals surface area contributed by atoms with Crippen LogP contribution in [0.5, 0.6) is 5.75 Å². The smallest absolute Gasteiger partial charge is 0.118 e. The minimum atomic E-state index is 0.906. The Kier molecular flexibility index (Phi) is 3.39. The van der Waals surface area contributed by atoms with Gasteiger partial charge in [-0.2, -0.15) is 0 Å². The predicted octanol–water partition coefficient (Wildman–Crippen LogP) is 3.12. The van der Waals surface area contributed by atoms with Crippen LogP contribution in [0.15, 0.2) is 30.3 Å². The molecule has 0 unspecified atom stereocenters. The summed E-state index contributed by atoms with van der Waals surface area (Å²) in [5.74, 6) is 0.906. The second-order valence-electron chi connectivity index (χ2n) is 2.58. The van der Waals surface area contributed by atoms with E-state index in [0.717, 1.165) is 12.2 Å². The molecule has 0 aliphatic carbocycles. The van der Waals surface area contributed by atoms with Gasteiger partial charge in [-0.1, -0.05) is 31.2 Å². The molecule has 1 nitrogen and oxygen atoms in total. The van der Waals surface area contributed by atoms with E-state index in [2.05, 4.69) is 19.1 Å². The van der Waals surface area contributed by atoms with Crippen LogP contribution in [-0.4, -0.2) is 7.11 Å². The standard InChI is InChI=1S/C11H14O/c1-3-4-5-10-6-8-11(12-2)9-7-10/h4-9H,3H2,1-2H3/b5-4+. The zero-order valence-corrected chi connectivity index (χ0v) is 7.58. The topological polar surface area (TPSA) is 9.23 Å². The molecule has 0 N–H and O–H groups in total. The lowest BCUT2D eigenvalue weighted by Crippen LogP contribution is -1.81. The van der Waals surface area contributed by atoms with E-state index < -0.39 is 0 Å². The van der Waals surface area contributed by atoms with Crippen molar-refractivity contribution in [1.29, 1.82) is 0 Å². The molecule has 1 aromatic carbocycles. The first-order valence-corrected chi connectivity index (χ1v) is 4.17. The summed E-state index contributed by atoms with van der Waals surface area (Å²) in [5, 5.41) is 0. The summed E-state index contributed by atoms with van der Waals surface area (Å²) >= 11 is 0. The molecule has 0 aliphatic rings. The SMILES string of the molecule is CC/C=C/c1ccc(OC)cc1. The quantitative estimate of drug-likeness (QED) is 0.663. The Labute approximate surface area is 73.7 Å². The molecular formula is C11H14O. The first-order chi connectivity index (χ1) is 5.86. The normalized spacial score (nSPS) is 10.5. The Balaban J connectivity index is 2.71. The molecule has 0 saturated heterocycles. The van der Waals surface area contributed by atoms with Gasteiger partial charge in [0, 0.05) is 0 Å². The van der Waals surface area contributed by atoms with Gasteiger partial charge >= 0.3 is 0 Å². The summed E-state index contributed by atoms with van der Waals surface area (Å²) in [7, 11) is 1.68. The van der Waals surface area contributed by atoms with Crippen molar-refractivity contribution in [2.75, 3.05) is 7.11 Å². The van der Waals surface area contributed by atoms with Gasteiger partial charge in [0.25, 0.3) is 0 Å². The molecule has 64 valence electrons. The van der Waals surface area contributed by atoms with Gasteiger partial charge in [0.2, 0.25) is 0 Å². The monoisotopic (exact) mass is 162 g/mol. The van der Waals surface area contributed by atoms with E-state index in [1.54, 1.807) is 7.11 Å². The van der Waals surface area contributed by atoms with E-state index >= 15 is 0 Å². The van der Waals surface area contributed by atoms with Gasteiger partial charge in [-0.05, 0) is 24.1 Å². The summed E-state index contributed by atoms with van der Waals surface area (Å²) in [6.45, 7) is 2.13. The van der Waals surface area contributed by atoms with Crippen LogP contribution in [0, 0.1) is 0 Å². The molecule has 12 heavy (non-hydrogen) atoms. The molecule has 1 rings (SSSR count). The van der Waals surface area contributed by atoms with Crippen LogP contribution in [0.1, 0.15) is 18.9 Å². The van der Waals surface area contributed by atoms with Crippen molar-refractivity contribution in [1.82, 2.24) is 0 Å². The largest absolute Gasteiger partial charge is 0.497 e. The minimum Gasteiger partial charge on any atom is -0.497 e. The molecular weight excluding hydrogens is 148 g/mol. The van der Waals surface area contributed by atoms with Crippen LogP contribution in [0.25, 0.3) is 6.08 Å². The van der Waals surface area contributed by atoms with Gasteiger partial charge in [0.1, 0.15) is 5.75 Å². The third-order valence-electron chi connectivity index (χ3n) is 1.66. The van der Waals surface area contributed by atoms with E-state index in [9.17, 15) is 0 Å². The lowest BCUT2D eigenvalue weighted by molar-refractivity contribution is 0.415. The fourth-order valence-corrected chi connectivity index (χ4v) is 0.969. The van der Waals surface area contributed by atoms with E-state index in [4.69, 9.17) is 4.74 Å². The summed E-state index contributed by atoms with van der Waals surface area (Å²) in [6.07, 6.45) is 5.33. The molecule has 0 amide bonds. The highest BCUT2D eigenvalue weighted by Gasteiger charge is 1.88. The lowest BCUT2D eigenvalue weighted by atomic mass is 10.2. The fraction of sp³-hybridized carbons (Fsp3) is 0.273. The first-order valence-electron chi connectivity index (χ1n) is 4.17. The van der Waals surface area contributed by atoms with E-state index in [1.165, 1.54) is 5.56 Å². The Morgan fingerprint density at radius 1 is 1.25 bits per heavy atom. The number of rotatable bonds is 3. The van der Waals surface area contributed by atoms with Crippen molar-refractivity contribution in [2.24, 2.45) is 0 Å². The average Bonchev–Trinajstić information content (AvgIpc) is 2.15. The van der Waals surface area contributed by atoms with Crippen LogP contribution in [0.2, 0.25) is 0 Å². The summed E-state index contributed by atoms with van der Waals surface area (Å²) in [6, 6.07) is 8.03. The third-order valence-corrected chi connectivity index (χ3v) is 1.66. The maximum Gasteiger partial charge on any atom is 0.118 e. The number of allylic oxidation sites excluding steroid dienone is 1. The molecule has 1 heteroatoms. The van der Waals surface area contributed by atoms with Gasteiger partial charge in [-0.25, -0.2) is 0 Å². The van der Waals surface area contributed by atoms with Crippen molar-refractivity contribution >= 4 is 6.08 Å². The molecule has 0 heterocycles. The maximum atomic E-state index is 5.05. The van der Waals surface area contributed by atoms with Gasteiger partial charge in [-0.3, -0.25) is 0 Å². The Morgan fingerprint density at radius 3 is 2.42 bits per heavy atom. The molecule has 0 saturated carbocycles. The second-order valence-corrected chi connectivity index (χ2v) is 2.58. The molecule has 0 fully saturated rings. The van der Waals surface area contributed by atoms with E-state index in [0.29, 0.717) is 0 Å². The molecule has 1 aromatic rings. The van der Waals surface area contributed by atoms with E-state index in [1.807, 2.05) is 24.3 Å². The van der Waals surface area contributed by atoms with Crippen molar-refractivity contribution in [3.8, 4) is 5.75 Å². The highest BCUT2D eigenvalue weighted by atomic mass is 16.5. The molecule has 0 radical (unpaired) electrons. The van der Waals surface area contributed by atoms with Crippen molar-refractivity contribution in [3.05, 3.63) is 35.9 Å². The molecule has 0 aliphatic heterocycles. The number of benzene rings is 1. The molecule has 0 bridgehead atoms. The highest BCUT2D eigenvalue weighted by molar-refractivity contribution is 5.50. The second kappa shape index (κ2) is 4.60. The Hall–Kier alpha value is -1.24. The highest BCUT2D eigenvalue weighted by Crippen LogP contribution is 2.12. The molecule has 0 spiro atoms. The van der Waals surface area contributed by atoms with Crippen molar-refractivity contribution in [2.45, 2.75) is 13.3 Å². The van der Waals surface area contributed by atoms with Crippen LogP contribution in [0.3, 0.4) is 0 Å². The average molecular weight is 162 g/mol. The van der Waals surface area contributed by atoms with Gasteiger partial charge in [0.15, 0.2) is 0 Å². The summed E-state index contributed by atoms with van der Waals surface area (Å²) < 4.78 is 5.05. The van der Waals surface area contributed by atoms with Crippen LogP contribution in [-0.2, 0) is 0 Å². The summed E-state index contributed by atoms with van der Waals surface area (Å²) in [4.78, 5) is 0. The number of ether oxygens (including phenoxy) is 1. The van der Waals surface area contributed by atoms with Gasteiger partial charge < -0.3 is 4.74 Å². The Morgan fingerprint density at radius 2 is 1.92 bits per heavy atom. The van der Waals surface area contributed by atoms with Crippen LogP contribution < -0.4 is 4.74 Å². The lowest BCUT2D eigenvalue weighted by Gasteiger charge is -1.98. The van der Waals surface area contributed by atoms with Crippen molar-refractivity contribution < 1.29 is 4.74 Å². The van der Waals surface area contributed by atoms with Gasteiger partial charge in [0.05, 0.1) is 7.11 Å². The van der Waals surface area contributed by atoms with E-state index in [-0.39, 0.29) is 0 Å². The summed E-state index contributed by atoms with van der Waals surface area (Å²) in [5.41, 5.74) is 1.22. The number of hydrogen-bond acceptors (Lipinski definition) is 1. The Bertz CT molecular complexity index is 246. The van der Waals surface area contributed by atoms with Gasteiger partial charge in [-0.15, -0.1) is 0 Å². The number of hydrogen-bond donors (Lipinski definition) is 0. The third kappa shape index (κ3) is 2.42. The molecule has 0 aromatic heterocycles.